The first-order valence-corrected chi connectivity index (χ1v) is 5.34. The van der Waals surface area contributed by atoms with E-state index in [1.54, 1.807) is 12.4 Å². The van der Waals surface area contributed by atoms with Gasteiger partial charge in [0.05, 0.1) is 17.6 Å². The molecule has 0 radical (unpaired) electrons. The zero-order valence-corrected chi connectivity index (χ0v) is 9.55. The molecular formula is C12H9BrN2. The standard InChI is InChI=1S/C12H9BrN2/c13-10-6-7-14-12(8-10)9-15-11-4-2-1-3-5-11/h1-9H. The van der Waals surface area contributed by atoms with Crippen molar-refractivity contribution < 1.29 is 0 Å². The van der Waals surface area contributed by atoms with Gasteiger partial charge in [-0.1, -0.05) is 34.1 Å². The van der Waals surface area contributed by atoms with Gasteiger partial charge >= 0.3 is 0 Å². The zero-order valence-electron chi connectivity index (χ0n) is 7.97. The normalized spacial score (nSPS) is 10.7. The summed E-state index contributed by atoms with van der Waals surface area (Å²) in [6.45, 7) is 0. The molecule has 0 saturated heterocycles. The van der Waals surface area contributed by atoms with Crippen LogP contribution in [-0.4, -0.2) is 11.2 Å². The number of para-hydroxylation sites is 1. The van der Waals surface area contributed by atoms with E-state index in [1.165, 1.54) is 0 Å². The van der Waals surface area contributed by atoms with Crippen LogP contribution < -0.4 is 0 Å². The first-order chi connectivity index (χ1) is 7.34. The molecular weight excluding hydrogens is 252 g/mol. The summed E-state index contributed by atoms with van der Waals surface area (Å²) in [7, 11) is 0. The van der Waals surface area contributed by atoms with E-state index in [0.29, 0.717) is 0 Å². The largest absolute Gasteiger partial charge is 0.255 e. The predicted molar refractivity (Wildman–Crippen MR) is 65.6 cm³/mol. The highest BCUT2D eigenvalue weighted by Crippen LogP contribution is 2.11. The molecule has 1 aromatic carbocycles. The van der Waals surface area contributed by atoms with E-state index in [9.17, 15) is 0 Å². The quantitative estimate of drug-likeness (QED) is 0.758. The molecule has 0 amide bonds. The molecule has 2 rings (SSSR count). The van der Waals surface area contributed by atoms with Crippen molar-refractivity contribution in [3.63, 3.8) is 0 Å². The van der Waals surface area contributed by atoms with E-state index in [1.807, 2.05) is 42.5 Å². The molecule has 1 heterocycles. The second-order valence-electron chi connectivity index (χ2n) is 2.99. The second kappa shape index (κ2) is 4.84. The van der Waals surface area contributed by atoms with E-state index in [-0.39, 0.29) is 0 Å². The third-order valence-corrected chi connectivity index (χ3v) is 2.34. The van der Waals surface area contributed by atoms with Crippen LogP contribution in [0.2, 0.25) is 0 Å². The summed E-state index contributed by atoms with van der Waals surface area (Å²) in [4.78, 5) is 8.48. The monoisotopic (exact) mass is 260 g/mol. The van der Waals surface area contributed by atoms with Gasteiger partial charge < -0.3 is 0 Å². The highest BCUT2D eigenvalue weighted by atomic mass is 79.9. The van der Waals surface area contributed by atoms with Gasteiger partial charge in [0.1, 0.15) is 0 Å². The maximum absolute atomic E-state index is 4.31. The number of halogens is 1. The SMILES string of the molecule is Brc1ccnc(C=Nc2ccccc2)c1. The summed E-state index contributed by atoms with van der Waals surface area (Å²) in [6.07, 6.45) is 3.50. The summed E-state index contributed by atoms with van der Waals surface area (Å²) in [5, 5.41) is 0. The average Bonchev–Trinajstić information content (AvgIpc) is 2.28. The molecule has 2 aromatic rings. The van der Waals surface area contributed by atoms with Gasteiger partial charge in [0.15, 0.2) is 0 Å². The zero-order chi connectivity index (χ0) is 10.5. The fourth-order valence-corrected chi connectivity index (χ4v) is 1.50. The van der Waals surface area contributed by atoms with Crippen LogP contribution in [0.3, 0.4) is 0 Å². The highest BCUT2D eigenvalue weighted by molar-refractivity contribution is 9.10. The minimum Gasteiger partial charge on any atom is -0.255 e. The molecule has 0 unspecified atom stereocenters. The lowest BCUT2D eigenvalue weighted by molar-refractivity contribution is 1.29. The molecule has 0 saturated carbocycles. The maximum Gasteiger partial charge on any atom is 0.0823 e. The van der Waals surface area contributed by atoms with Crippen LogP contribution >= 0.6 is 15.9 Å². The molecule has 2 nitrogen and oxygen atoms in total. The molecule has 74 valence electrons. The maximum atomic E-state index is 4.31. The Labute approximate surface area is 96.8 Å². The van der Waals surface area contributed by atoms with Crippen LogP contribution in [0.25, 0.3) is 0 Å². The van der Waals surface area contributed by atoms with Crippen molar-refractivity contribution in [2.75, 3.05) is 0 Å². The third-order valence-electron chi connectivity index (χ3n) is 1.85. The van der Waals surface area contributed by atoms with Crippen molar-refractivity contribution in [3.8, 4) is 0 Å². The summed E-state index contributed by atoms with van der Waals surface area (Å²) in [6, 6.07) is 13.6. The Hall–Kier alpha value is -1.48. The third kappa shape index (κ3) is 2.99. The van der Waals surface area contributed by atoms with Crippen molar-refractivity contribution in [3.05, 3.63) is 58.8 Å². The number of hydrogen-bond acceptors (Lipinski definition) is 2. The lowest BCUT2D eigenvalue weighted by atomic mass is 10.3. The van der Waals surface area contributed by atoms with Crippen LogP contribution in [0.5, 0.6) is 0 Å². The van der Waals surface area contributed by atoms with Crippen LogP contribution in [0.1, 0.15) is 5.69 Å². The lowest BCUT2D eigenvalue weighted by Crippen LogP contribution is -1.85. The summed E-state index contributed by atoms with van der Waals surface area (Å²) in [5.74, 6) is 0. The van der Waals surface area contributed by atoms with Gasteiger partial charge in [-0.2, -0.15) is 0 Å². The number of hydrogen-bond donors (Lipinski definition) is 0. The molecule has 0 aliphatic carbocycles. The van der Waals surface area contributed by atoms with Crippen molar-refractivity contribution in [2.24, 2.45) is 4.99 Å². The van der Waals surface area contributed by atoms with Crippen LogP contribution in [0.4, 0.5) is 5.69 Å². The molecule has 0 fully saturated rings. The van der Waals surface area contributed by atoms with Gasteiger partial charge in [-0.25, -0.2) is 0 Å². The summed E-state index contributed by atoms with van der Waals surface area (Å²) < 4.78 is 1.01. The minimum absolute atomic E-state index is 0.841. The van der Waals surface area contributed by atoms with Gasteiger partial charge in [0.25, 0.3) is 0 Å². The van der Waals surface area contributed by atoms with E-state index < -0.39 is 0 Å². The van der Waals surface area contributed by atoms with Gasteiger partial charge in [-0.15, -0.1) is 0 Å². The molecule has 15 heavy (non-hydrogen) atoms. The first kappa shape index (κ1) is 10.1. The molecule has 0 aliphatic heterocycles. The van der Waals surface area contributed by atoms with E-state index in [2.05, 4.69) is 25.9 Å². The smallest absolute Gasteiger partial charge is 0.0823 e. The van der Waals surface area contributed by atoms with Crippen LogP contribution in [0.15, 0.2) is 58.1 Å². The first-order valence-electron chi connectivity index (χ1n) is 4.55. The molecule has 1 aromatic heterocycles. The number of benzene rings is 1. The van der Waals surface area contributed by atoms with E-state index in [0.717, 1.165) is 15.9 Å². The molecule has 0 spiro atoms. The predicted octanol–water partition coefficient (Wildman–Crippen LogP) is 3.59. The van der Waals surface area contributed by atoms with Crippen molar-refractivity contribution in [1.29, 1.82) is 0 Å². The van der Waals surface area contributed by atoms with Gasteiger partial charge in [-0.05, 0) is 24.3 Å². The van der Waals surface area contributed by atoms with Crippen molar-refractivity contribution >= 4 is 27.8 Å². The van der Waals surface area contributed by atoms with Crippen molar-refractivity contribution in [2.45, 2.75) is 0 Å². The fraction of sp³-hybridized carbons (Fsp3) is 0. The molecule has 0 bridgehead atoms. The Bertz CT molecular complexity index is 466. The van der Waals surface area contributed by atoms with Crippen LogP contribution in [-0.2, 0) is 0 Å². The van der Waals surface area contributed by atoms with Gasteiger partial charge in [0, 0.05) is 10.7 Å². The summed E-state index contributed by atoms with van der Waals surface area (Å²) >= 11 is 3.39. The number of aromatic nitrogens is 1. The molecule has 0 atom stereocenters. The van der Waals surface area contributed by atoms with Crippen molar-refractivity contribution in [1.82, 2.24) is 4.98 Å². The molecule has 3 heteroatoms. The Morgan fingerprint density at radius 1 is 1.13 bits per heavy atom. The Kier molecular flexibility index (Phi) is 3.25. The molecule has 0 N–H and O–H groups in total. The Morgan fingerprint density at radius 3 is 2.67 bits per heavy atom. The lowest BCUT2D eigenvalue weighted by Gasteiger charge is -1.93. The van der Waals surface area contributed by atoms with Crippen LogP contribution in [0, 0.1) is 0 Å². The summed E-state index contributed by atoms with van der Waals surface area (Å²) in [5.41, 5.74) is 1.77. The van der Waals surface area contributed by atoms with Gasteiger partial charge in [0.2, 0.25) is 0 Å². The van der Waals surface area contributed by atoms with Gasteiger partial charge in [-0.3, -0.25) is 9.98 Å². The number of rotatable bonds is 2. The fourth-order valence-electron chi connectivity index (χ4n) is 1.15. The number of pyridine rings is 1. The minimum atomic E-state index is 0.841. The average molecular weight is 261 g/mol. The Balaban J connectivity index is 2.19. The molecule has 0 aliphatic rings. The van der Waals surface area contributed by atoms with E-state index in [4.69, 9.17) is 0 Å². The topological polar surface area (TPSA) is 25.2 Å². The number of aliphatic imine (C=N–C) groups is 1. The number of nitrogens with zero attached hydrogens (tertiary/aromatic N) is 2. The Morgan fingerprint density at radius 2 is 1.93 bits per heavy atom. The highest BCUT2D eigenvalue weighted by Gasteiger charge is 1.90. The van der Waals surface area contributed by atoms with E-state index >= 15 is 0 Å². The second-order valence-corrected chi connectivity index (χ2v) is 3.91.